The van der Waals surface area contributed by atoms with E-state index in [4.69, 9.17) is 4.74 Å². The predicted octanol–water partition coefficient (Wildman–Crippen LogP) is 1.25. The normalized spacial score (nSPS) is 15.1. The topological polar surface area (TPSA) is 122 Å². The summed E-state index contributed by atoms with van der Waals surface area (Å²) < 4.78 is 29.9. The van der Waals surface area contributed by atoms with Crippen LogP contribution in [-0.4, -0.2) is 57.4 Å². The molecule has 0 aliphatic heterocycles. The molecule has 1 fully saturated rings. The lowest BCUT2D eigenvalue weighted by atomic mass is 9.96. The fraction of sp³-hybridized carbons (Fsp3) is 0.500. The van der Waals surface area contributed by atoms with E-state index in [1.165, 1.54) is 38.4 Å². The van der Waals surface area contributed by atoms with Crippen molar-refractivity contribution < 1.29 is 27.5 Å². The Hall–Kier alpha value is -2.46. The number of hydrogen-bond donors (Lipinski definition) is 2. The van der Waals surface area contributed by atoms with Crippen molar-refractivity contribution in [2.24, 2.45) is 0 Å². The number of benzene rings is 1. The van der Waals surface area contributed by atoms with Crippen LogP contribution in [0.1, 0.15) is 42.5 Å². The monoisotopic (exact) mass is 411 g/mol. The number of nitrogens with zero attached hydrogens (tertiary/aromatic N) is 1. The molecule has 0 aromatic heterocycles. The van der Waals surface area contributed by atoms with Gasteiger partial charge in [-0.1, -0.05) is 19.3 Å². The number of esters is 1. The van der Waals surface area contributed by atoms with Gasteiger partial charge in [0.25, 0.3) is 5.91 Å². The molecule has 1 aliphatic carbocycles. The summed E-state index contributed by atoms with van der Waals surface area (Å²) in [7, 11) is -0.792. The Morgan fingerprint density at radius 2 is 1.68 bits per heavy atom. The number of rotatable bonds is 6. The first kappa shape index (κ1) is 21.8. The van der Waals surface area contributed by atoms with Crippen molar-refractivity contribution in [2.45, 2.75) is 43.0 Å². The van der Waals surface area contributed by atoms with Gasteiger partial charge in [0.1, 0.15) is 0 Å². The van der Waals surface area contributed by atoms with Gasteiger partial charge < -0.3 is 10.1 Å². The van der Waals surface area contributed by atoms with Gasteiger partial charge in [-0.25, -0.2) is 22.3 Å². The van der Waals surface area contributed by atoms with Gasteiger partial charge in [0.15, 0.2) is 6.61 Å². The fourth-order valence-corrected chi connectivity index (χ4v) is 3.72. The molecule has 10 heteroatoms. The van der Waals surface area contributed by atoms with Crippen molar-refractivity contribution in [1.29, 1.82) is 0 Å². The van der Waals surface area contributed by atoms with Gasteiger partial charge >= 0.3 is 12.0 Å². The Kier molecular flexibility index (Phi) is 7.53. The number of imide groups is 1. The number of sulfonamides is 1. The molecule has 0 saturated heterocycles. The SMILES string of the molecule is CN(C)S(=O)(=O)c1ccc(C(=O)OCC(=O)NC(=O)NC2CCCCC2)cc1. The van der Waals surface area contributed by atoms with Gasteiger partial charge in [-0.15, -0.1) is 0 Å². The van der Waals surface area contributed by atoms with Crippen LogP contribution in [0, 0.1) is 0 Å². The van der Waals surface area contributed by atoms with Crippen LogP contribution in [0.4, 0.5) is 4.79 Å². The molecule has 0 spiro atoms. The highest BCUT2D eigenvalue weighted by molar-refractivity contribution is 7.89. The van der Waals surface area contributed by atoms with Crippen molar-refractivity contribution in [1.82, 2.24) is 14.9 Å². The zero-order chi connectivity index (χ0) is 20.7. The third-order valence-corrected chi connectivity index (χ3v) is 6.23. The minimum atomic E-state index is -3.60. The Bertz CT molecular complexity index is 814. The van der Waals surface area contributed by atoms with Crippen molar-refractivity contribution >= 4 is 27.9 Å². The first-order chi connectivity index (χ1) is 13.2. The summed E-state index contributed by atoms with van der Waals surface area (Å²) in [6.07, 6.45) is 5.01. The van der Waals surface area contributed by atoms with Gasteiger partial charge in [0, 0.05) is 20.1 Å². The summed E-state index contributed by atoms with van der Waals surface area (Å²) in [4.78, 5) is 35.6. The lowest BCUT2D eigenvalue weighted by Gasteiger charge is -2.22. The molecule has 1 aromatic carbocycles. The zero-order valence-electron chi connectivity index (χ0n) is 15.9. The largest absolute Gasteiger partial charge is 0.452 e. The van der Waals surface area contributed by atoms with E-state index < -0.39 is 34.5 Å². The molecule has 2 N–H and O–H groups in total. The minimum absolute atomic E-state index is 0.0335. The Labute approximate surface area is 164 Å². The second-order valence-corrected chi connectivity index (χ2v) is 8.90. The van der Waals surface area contributed by atoms with E-state index in [0.29, 0.717) is 0 Å². The van der Waals surface area contributed by atoms with Crippen LogP contribution >= 0.6 is 0 Å². The molecule has 2 rings (SSSR count). The number of nitrogens with one attached hydrogen (secondary N) is 2. The molecular weight excluding hydrogens is 386 g/mol. The summed E-state index contributed by atoms with van der Waals surface area (Å²) in [6, 6.07) is 4.61. The maximum absolute atomic E-state index is 12.0. The van der Waals surface area contributed by atoms with Crippen molar-refractivity contribution in [3.05, 3.63) is 29.8 Å². The molecule has 0 atom stereocenters. The Morgan fingerprint density at radius 3 is 2.25 bits per heavy atom. The molecule has 3 amide bonds. The van der Waals surface area contributed by atoms with Gasteiger partial charge in [0.05, 0.1) is 10.5 Å². The predicted molar refractivity (Wildman–Crippen MR) is 101 cm³/mol. The first-order valence-electron chi connectivity index (χ1n) is 9.00. The lowest BCUT2D eigenvalue weighted by molar-refractivity contribution is -0.123. The van der Waals surface area contributed by atoms with Crippen LogP contribution in [0.5, 0.6) is 0 Å². The smallest absolute Gasteiger partial charge is 0.338 e. The standard InChI is InChI=1S/C18H25N3O6S/c1-21(2)28(25,26)15-10-8-13(9-11-15)17(23)27-12-16(22)20-18(24)19-14-6-4-3-5-7-14/h8-11,14H,3-7,12H2,1-2H3,(H2,19,20,22,24). The number of ether oxygens (including phenoxy) is 1. The summed E-state index contributed by atoms with van der Waals surface area (Å²) in [5, 5.41) is 4.85. The second kappa shape index (κ2) is 9.65. The van der Waals surface area contributed by atoms with Crippen LogP contribution in [-0.2, 0) is 19.6 Å². The second-order valence-electron chi connectivity index (χ2n) is 6.74. The molecule has 154 valence electrons. The van der Waals surface area contributed by atoms with Crippen LogP contribution in [0.15, 0.2) is 29.2 Å². The minimum Gasteiger partial charge on any atom is -0.452 e. The number of amides is 3. The van der Waals surface area contributed by atoms with E-state index in [9.17, 15) is 22.8 Å². The zero-order valence-corrected chi connectivity index (χ0v) is 16.8. The van der Waals surface area contributed by atoms with Gasteiger partial charge in [-0.3, -0.25) is 10.1 Å². The third kappa shape index (κ3) is 6.03. The van der Waals surface area contributed by atoms with E-state index >= 15 is 0 Å². The number of hydrogen-bond acceptors (Lipinski definition) is 6. The number of urea groups is 1. The maximum Gasteiger partial charge on any atom is 0.338 e. The average Bonchev–Trinajstić information content (AvgIpc) is 2.66. The molecule has 28 heavy (non-hydrogen) atoms. The van der Waals surface area contributed by atoms with Gasteiger partial charge in [0.2, 0.25) is 10.0 Å². The molecular formula is C18H25N3O6S. The Balaban J connectivity index is 1.81. The summed E-state index contributed by atoms with van der Waals surface area (Å²) in [5.41, 5.74) is 0.0946. The van der Waals surface area contributed by atoms with Crippen LogP contribution in [0.2, 0.25) is 0 Å². The summed E-state index contributed by atoms with van der Waals surface area (Å²) in [6.45, 7) is -0.616. The van der Waals surface area contributed by atoms with E-state index in [0.717, 1.165) is 36.4 Å². The molecule has 9 nitrogen and oxygen atoms in total. The average molecular weight is 411 g/mol. The summed E-state index contributed by atoms with van der Waals surface area (Å²) in [5.74, 6) is -1.54. The van der Waals surface area contributed by atoms with E-state index in [1.807, 2.05) is 0 Å². The molecule has 0 bridgehead atoms. The highest BCUT2D eigenvalue weighted by Crippen LogP contribution is 2.17. The fourth-order valence-electron chi connectivity index (χ4n) is 2.82. The molecule has 0 radical (unpaired) electrons. The molecule has 1 aromatic rings. The van der Waals surface area contributed by atoms with Crippen LogP contribution in [0.3, 0.4) is 0 Å². The molecule has 0 unspecified atom stereocenters. The van der Waals surface area contributed by atoms with Crippen molar-refractivity contribution in [2.75, 3.05) is 20.7 Å². The van der Waals surface area contributed by atoms with Gasteiger partial charge in [-0.05, 0) is 37.1 Å². The molecule has 1 saturated carbocycles. The van der Waals surface area contributed by atoms with E-state index in [1.54, 1.807) is 0 Å². The molecule has 1 aliphatic rings. The molecule has 0 heterocycles. The number of carbonyl (C=O) groups is 3. The lowest BCUT2D eigenvalue weighted by Crippen LogP contribution is -2.46. The van der Waals surface area contributed by atoms with Crippen molar-refractivity contribution in [3.63, 3.8) is 0 Å². The van der Waals surface area contributed by atoms with Crippen LogP contribution in [0.25, 0.3) is 0 Å². The van der Waals surface area contributed by atoms with Crippen molar-refractivity contribution in [3.8, 4) is 0 Å². The third-order valence-electron chi connectivity index (χ3n) is 4.40. The van der Waals surface area contributed by atoms with Crippen LogP contribution < -0.4 is 10.6 Å². The number of carbonyl (C=O) groups excluding carboxylic acids is 3. The van der Waals surface area contributed by atoms with E-state index in [-0.39, 0.29) is 16.5 Å². The highest BCUT2D eigenvalue weighted by atomic mass is 32.2. The summed E-state index contributed by atoms with van der Waals surface area (Å²) >= 11 is 0. The van der Waals surface area contributed by atoms with E-state index in [2.05, 4.69) is 10.6 Å². The highest BCUT2D eigenvalue weighted by Gasteiger charge is 2.19. The maximum atomic E-state index is 12.0. The first-order valence-corrected chi connectivity index (χ1v) is 10.4. The Morgan fingerprint density at radius 1 is 1.07 bits per heavy atom. The quantitative estimate of drug-likeness (QED) is 0.680. The van der Waals surface area contributed by atoms with Gasteiger partial charge in [-0.2, -0.15) is 0 Å².